The lowest BCUT2D eigenvalue weighted by atomic mass is 10.0. The Morgan fingerprint density at radius 3 is 1.83 bits per heavy atom. The SMILES string of the molecule is CC1C(=O)C(C)c2ccccc21. The second-order valence-electron chi connectivity index (χ2n) is 3.47. The summed E-state index contributed by atoms with van der Waals surface area (Å²) in [5.41, 5.74) is 2.44. The summed E-state index contributed by atoms with van der Waals surface area (Å²) >= 11 is 0. The maximum absolute atomic E-state index is 11.6. The molecule has 0 aromatic heterocycles. The molecule has 0 heterocycles. The van der Waals surface area contributed by atoms with Gasteiger partial charge in [0.15, 0.2) is 0 Å². The Bertz CT molecular complexity index is 297. The van der Waals surface area contributed by atoms with Crippen LogP contribution in [0.1, 0.15) is 36.8 Å². The van der Waals surface area contributed by atoms with E-state index in [4.69, 9.17) is 0 Å². The van der Waals surface area contributed by atoms with Crippen LogP contribution in [0.5, 0.6) is 0 Å². The van der Waals surface area contributed by atoms with Crippen molar-refractivity contribution in [2.24, 2.45) is 0 Å². The van der Waals surface area contributed by atoms with Gasteiger partial charge >= 0.3 is 0 Å². The van der Waals surface area contributed by atoms with E-state index in [2.05, 4.69) is 12.1 Å². The van der Waals surface area contributed by atoms with Crippen LogP contribution >= 0.6 is 0 Å². The average molecular weight is 160 g/mol. The van der Waals surface area contributed by atoms with Crippen molar-refractivity contribution in [3.63, 3.8) is 0 Å². The van der Waals surface area contributed by atoms with Crippen LogP contribution in [0.2, 0.25) is 0 Å². The van der Waals surface area contributed by atoms with Crippen molar-refractivity contribution in [3.05, 3.63) is 35.4 Å². The Kier molecular flexibility index (Phi) is 1.53. The molecule has 1 nitrogen and oxygen atoms in total. The largest absolute Gasteiger partial charge is 0.298 e. The van der Waals surface area contributed by atoms with Crippen LogP contribution in [0.25, 0.3) is 0 Å². The number of benzene rings is 1. The molecule has 0 N–H and O–H groups in total. The Labute approximate surface area is 72.4 Å². The first-order valence-corrected chi connectivity index (χ1v) is 4.34. The standard InChI is InChI=1S/C11H12O/c1-7-9-5-3-4-6-10(9)8(2)11(7)12/h3-8H,1-2H3. The van der Waals surface area contributed by atoms with E-state index in [1.807, 2.05) is 26.0 Å². The summed E-state index contributed by atoms with van der Waals surface area (Å²) in [6.45, 7) is 3.98. The van der Waals surface area contributed by atoms with Gasteiger partial charge in [-0.05, 0) is 11.1 Å². The van der Waals surface area contributed by atoms with Gasteiger partial charge in [-0.1, -0.05) is 38.1 Å². The summed E-state index contributed by atoms with van der Waals surface area (Å²) in [5, 5.41) is 0. The van der Waals surface area contributed by atoms with Crippen molar-refractivity contribution >= 4 is 5.78 Å². The van der Waals surface area contributed by atoms with Gasteiger partial charge in [-0.25, -0.2) is 0 Å². The fourth-order valence-electron chi connectivity index (χ4n) is 1.98. The Morgan fingerprint density at radius 2 is 1.42 bits per heavy atom. The summed E-state index contributed by atoms with van der Waals surface area (Å²) in [7, 11) is 0. The molecule has 2 unspecified atom stereocenters. The zero-order valence-corrected chi connectivity index (χ0v) is 7.37. The summed E-state index contributed by atoms with van der Waals surface area (Å²) in [4.78, 5) is 11.6. The topological polar surface area (TPSA) is 17.1 Å². The normalized spacial score (nSPS) is 27.3. The quantitative estimate of drug-likeness (QED) is 0.569. The van der Waals surface area contributed by atoms with Gasteiger partial charge in [-0.15, -0.1) is 0 Å². The first-order valence-electron chi connectivity index (χ1n) is 4.34. The molecule has 2 rings (SSSR count). The molecular weight excluding hydrogens is 148 g/mol. The van der Waals surface area contributed by atoms with Crippen LogP contribution in [0, 0.1) is 0 Å². The maximum Gasteiger partial charge on any atom is 0.147 e. The second-order valence-corrected chi connectivity index (χ2v) is 3.47. The predicted octanol–water partition coefficient (Wildman–Crippen LogP) is 2.48. The van der Waals surface area contributed by atoms with Crippen molar-refractivity contribution in [1.29, 1.82) is 0 Å². The molecule has 0 saturated carbocycles. The maximum atomic E-state index is 11.6. The summed E-state index contributed by atoms with van der Waals surface area (Å²) in [6.07, 6.45) is 0. The first-order chi connectivity index (χ1) is 5.72. The number of rotatable bonds is 0. The van der Waals surface area contributed by atoms with Gasteiger partial charge in [-0.3, -0.25) is 4.79 Å². The van der Waals surface area contributed by atoms with Gasteiger partial charge in [0.1, 0.15) is 5.78 Å². The lowest BCUT2D eigenvalue weighted by molar-refractivity contribution is -0.120. The van der Waals surface area contributed by atoms with E-state index in [-0.39, 0.29) is 11.8 Å². The molecule has 1 aromatic rings. The van der Waals surface area contributed by atoms with Crippen molar-refractivity contribution in [2.75, 3.05) is 0 Å². The summed E-state index contributed by atoms with van der Waals surface area (Å²) in [6, 6.07) is 8.12. The monoisotopic (exact) mass is 160 g/mol. The van der Waals surface area contributed by atoms with Crippen molar-refractivity contribution in [1.82, 2.24) is 0 Å². The van der Waals surface area contributed by atoms with Crippen LogP contribution < -0.4 is 0 Å². The Balaban J connectivity index is 2.59. The molecule has 1 aromatic carbocycles. The molecule has 1 aliphatic rings. The van der Waals surface area contributed by atoms with E-state index in [0.717, 1.165) is 0 Å². The van der Waals surface area contributed by atoms with Crippen LogP contribution in [0.3, 0.4) is 0 Å². The van der Waals surface area contributed by atoms with Gasteiger partial charge in [0.2, 0.25) is 0 Å². The number of ketones is 1. The van der Waals surface area contributed by atoms with Gasteiger partial charge in [-0.2, -0.15) is 0 Å². The fourth-order valence-corrected chi connectivity index (χ4v) is 1.98. The van der Waals surface area contributed by atoms with Gasteiger partial charge in [0.25, 0.3) is 0 Å². The highest BCUT2D eigenvalue weighted by Crippen LogP contribution is 2.37. The Morgan fingerprint density at radius 1 is 1.00 bits per heavy atom. The molecule has 0 aliphatic heterocycles. The molecule has 0 saturated heterocycles. The third kappa shape index (κ3) is 0.826. The molecule has 0 amide bonds. The molecule has 0 fully saturated rings. The highest BCUT2D eigenvalue weighted by Gasteiger charge is 2.32. The minimum absolute atomic E-state index is 0.108. The van der Waals surface area contributed by atoms with E-state index in [0.29, 0.717) is 5.78 Å². The van der Waals surface area contributed by atoms with Crippen LogP contribution in [-0.2, 0) is 4.79 Å². The van der Waals surface area contributed by atoms with E-state index >= 15 is 0 Å². The predicted molar refractivity (Wildman–Crippen MR) is 48.3 cm³/mol. The molecule has 1 heteroatoms. The van der Waals surface area contributed by atoms with Gasteiger partial charge in [0, 0.05) is 11.8 Å². The third-order valence-corrected chi connectivity index (χ3v) is 2.78. The molecular formula is C11H12O. The Hall–Kier alpha value is -1.11. The highest BCUT2D eigenvalue weighted by atomic mass is 16.1. The molecule has 62 valence electrons. The van der Waals surface area contributed by atoms with Crippen LogP contribution in [0.15, 0.2) is 24.3 Å². The number of carbonyl (C=O) groups is 1. The smallest absolute Gasteiger partial charge is 0.147 e. The molecule has 0 radical (unpaired) electrons. The van der Waals surface area contributed by atoms with Crippen LogP contribution in [-0.4, -0.2) is 5.78 Å². The van der Waals surface area contributed by atoms with Gasteiger partial charge in [0.05, 0.1) is 0 Å². The zero-order valence-electron chi connectivity index (χ0n) is 7.37. The van der Waals surface area contributed by atoms with E-state index in [1.165, 1.54) is 11.1 Å². The average Bonchev–Trinajstić information content (AvgIpc) is 2.33. The highest BCUT2D eigenvalue weighted by molar-refractivity contribution is 5.95. The molecule has 2 atom stereocenters. The van der Waals surface area contributed by atoms with E-state index in [1.54, 1.807) is 0 Å². The minimum atomic E-state index is 0.108. The number of carbonyl (C=O) groups excluding carboxylic acids is 1. The third-order valence-electron chi connectivity index (χ3n) is 2.78. The van der Waals surface area contributed by atoms with Crippen LogP contribution in [0.4, 0.5) is 0 Å². The second kappa shape index (κ2) is 2.44. The zero-order chi connectivity index (χ0) is 8.72. The number of hydrogen-bond acceptors (Lipinski definition) is 1. The van der Waals surface area contributed by atoms with Crippen molar-refractivity contribution < 1.29 is 4.79 Å². The summed E-state index contributed by atoms with van der Waals surface area (Å²) in [5.74, 6) is 0.573. The number of fused-ring (bicyclic) bond motifs is 1. The van der Waals surface area contributed by atoms with Gasteiger partial charge < -0.3 is 0 Å². The van der Waals surface area contributed by atoms with E-state index in [9.17, 15) is 4.79 Å². The molecule has 1 aliphatic carbocycles. The summed E-state index contributed by atoms with van der Waals surface area (Å²) < 4.78 is 0. The molecule has 12 heavy (non-hydrogen) atoms. The number of Topliss-reactive ketones (excluding diaryl/α,β-unsaturated/α-hetero) is 1. The first kappa shape index (κ1) is 7.53. The number of hydrogen-bond donors (Lipinski definition) is 0. The minimum Gasteiger partial charge on any atom is -0.298 e. The lowest BCUT2D eigenvalue weighted by Gasteiger charge is -2.00. The van der Waals surface area contributed by atoms with E-state index < -0.39 is 0 Å². The molecule has 0 spiro atoms. The molecule has 0 bridgehead atoms. The van der Waals surface area contributed by atoms with Crippen molar-refractivity contribution in [3.8, 4) is 0 Å². The van der Waals surface area contributed by atoms with Crippen molar-refractivity contribution in [2.45, 2.75) is 25.7 Å². The fraction of sp³-hybridized carbons (Fsp3) is 0.364. The lowest BCUT2D eigenvalue weighted by Crippen LogP contribution is -2.04.